The van der Waals surface area contributed by atoms with E-state index in [1.807, 2.05) is 0 Å². The molecule has 0 aliphatic heterocycles. The smallest absolute Gasteiger partial charge is 0.221 e. The molecule has 1 aliphatic carbocycles. The van der Waals surface area contributed by atoms with Crippen LogP contribution in [0.2, 0.25) is 0 Å². The zero-order valence-corrected chi connectivity index (χ0v) is 9.65. The third kappa shape index (κ3) is 1.82. The number of anilines is 1. The molecule has 2 nitrogen and oxygen atoms in total. The van der Waals surface area contributed by atoms with E-state index in [-0.39, 0.29) is 5.91 Å². The van der Waals surface area contributed by atoms with E-state index in [2.05, 4.69) is 33.4 Å². The second-order valence-corrected chi connectivity index (χ2v) is 4.49. The van der Waals surface area contributed by atoms with Crippen molar-refractivity contribution >= 4 is 27.5 Å². The summed E-state index contributed by atoms with van der Waals surface area (Å²) in [6.07, 6.45) is 3.52. The van der Waals surface area contributed by atoms with Gasteiger partial charge in [0.2, 0.25) is 5.91 Å². The molecule has 0 heterocycles. The Balaban J connectivity index is 2.37. The minimum absolute atomic E-state index is 0.0244. The van der Waals surface area contributed by atoms with Gasteiger partial charge < -0.3 is 5.32 Å². The van der Waals surface area contributed by atoms with Crippen LogP contribution < -0.4 is 5.32 Å². The van der Waals surface area contributed by atoms with E-state index >= 15 is 0 Å². The molecule has 3 heteroatoms. The van der Waals surface area contributed by atoms with E-state index in [4.69, 9.17) is 0 Å². The second kappa shape index (κ2) is 3.73. The van der Waals surface area contributed by atoms with Crippen LogP contribution in [0.15, 0.2) is 16.6 Å². The maximum atomic E-state index is 10.9. The quantitative estimate of drug-likeness (QED) is 0.820. The third-order valence-corrected chi connectivity index (χ3v) is 3.15. The number of amides is 1. The summed E-state index contributed by atoms with van der Waals surface area (Å²) in [5, 5.41) is 2.82. The number of halogens is 1. The fraction of sp³-hybridized carbons (Fsp3) is 0.364. The average molecular weight is 254 g/mol. The predicted molar refractivity (Wildman–Crippen MR) is 60.5 cm³/mol. The zero-order chi connectivity index (χ0) is 10.1. The first kappa shape index (κ1) is 9.71. The van der Waals surface area contributed by atoms with E-state index in [1.165, 1.54) is 24.5 Å². The number of carbonyl (C=O) groups is 1. The van der Waals surface area contributed by atoms with Gasteiger partial charge >= 0.3 is 0 Å². The summed E-state index contributed by atoms with van der Waals surface area (Å²) in [6.45, 7) is 1.53. The number of benzene rings is 1. The van der Waals surface area contributed by atoms with Crippen LogP contribution in [-0.2, 0) is 17.6 Å². The van der Waals surface area contributed by atoms with Crippen molar-refractivity contribution in [2.45, 2.75) is 26.2 Å². The van der Waals surface area contributed by atoms with Crippen LogP contribution in [-0.4, -0.2) is 5.91 Å². The lowest BCUT2D eigenvalue weighted by molar-refractivity contribution is -0.114. The van der Waals surface area contributed by atoms with Crippen molar-refractivity contribution in [2.75, 3.05) is 5.32 Å². The lowest BCUT2D eigenvalue weighted by Gasteiger charge is -2.08. The van der Waals surface area contributed by atoms with E-state index in [1.54, 1.807) is 0 Å². The normalized spacial score (nSPS) is 13.9. The Morgan fingerprint density at radius 1 is 1.36 bits per heavy atom. The molecule has 1 amide bonds. The molecule has 0 fully saturated rings. The maximum absolute atomic E-state index is 10.9. The molecule has 0 saturated heterocycles. The van der Waals surface area contributed by atoms with E-state index in [0.717, 1.165) is 23.0 Å². The molecule has 0 atom stereocenters. The van der Waals surface area contributed by atoms with Crippen molar-refractivity contribution < 1.29 is 4.79 Å². The largest absolute Gasteiger partial charge is 0.325 e. The molecule has 0 unspecified atom stereocenters. The summed E-state index contributed by atoms with van der Waals surface area (Å²) in [4.78, 5) is 10.9. The van der Waals surface area contributed by atoms with Crippen molar-refractivity contribution in [2.24, 2.45) is 0 Å². The third-order valence-electron chi connectivity index (χ3n) is 2.49. The highest BCUT2D eigenvalue weighted by Crippen LogP contribution is 2.31. The monoisotopic (exact) mass is 253 g/mol. The first-order valence-corrected chi connectivity index (χ1v) is 5.55. The van der Waals surface area contributed by atoms with Gasteiger partial charge in [-0.1, -0.05) is 0 Å². The fourth-order valence-corrected chi connectivity index (χ4v) is 2.37. The Kier molecular flexibility index (Phi) is 2.59. The lowest BCUT2D eigenvalue weighted by Crippen LogP contribution is -2.06. The van der Waals surface area contributed by atoms with Gasteiger partial charge in [-0.25, -0.2) is 0 Å². The molecule has 1 aromatic carbocycles. The van der Waals surface area contributed by atoms with Gasteiger partial charge in [0.25, 0.3) is 0 Å². The van der Waals surface area contributed by atoms with Gasteiger partial charge in [0.15, 0.2) is 0 Å². The Morgan fingerprint density at radius 2 is 2.00 bits per heavy atom. The minimum Gasteiger partial charge on any atom is -0.325 e. The van der Waals surface area contributed by atoms with Crippen LogP contribution in [0, 0.1) is 0 Å². The number of hydrogen-bond donors (Lipinski definition) is 1. The molecule has 0 radical (unpaired) electrons. The van der Waals surface area contributed by atoms with Crippen molar-refractivity contribution in [1.29, 1.82) is 0 Å². The summed E-state index contributed by atoms with van der Waals surface area (Å²) in [7, 11) is 0. The molecule has 0 bridgehead atoms. The van der Waals surface area contributed by atoms with Gasteiger partial charge in [0.05, 0.1) is 5.69 Å². The molecular weight excluding hydrogens is 242 g/mol. The van der Waals surface area contributed by atoms with Gasteiger partial charge in [0.1, 0.15) is 0 Å². The highest BCUT2D eigenvalue weighted by Gasteiger charge is 2.13. The van der Waals surface area contributed by atoms with Crippen LogP contribution in [0.1, 0.15) is 24.5 Å². The first-order valence-electron chi connectivity index (χ1n) is 4.75. The number of nitrogens with one attached hydrogen (secondary N) is 1. The molecule has 1 aromatic rings. The van der Waals surface area contributed by atoms with Crippen LogP contribution in [0.25, 0.3) is 0 Å². The summed E-state index contributed by atoms with van der Waals surface area (Å²) >= 11 is 3.46. The van der Waals surface area contributed by atoms with Crippen molar-refractivity contribution in [1.82, 2.24) is 0 Å². The Bertz CT molecular complexity index is 387. The molecule has 1 N–H and O–H groups in total. The number of rotatable bonds is 1. The van der Waals surface area contributed by atoms with Crippen LogP contribution in [0.4, 0.5) is 5.69 Å². The van der Waals surface area contributed by atoms with Gasteiger partial charge in [0, 0.05) is 11.4 Å². The van der Waals surface area contributed by atoms with E-state index in [0.29, 0.717) is 0 Å². The molecule has 0 saturated carbocycles. The van der Waals surface area contributed by atoms with Crippen molar-refractivity contribution in [3.63, 3.8) is 0 Å². The summed E-state index contributed by atoms with van der Waals surface area (Å²) in [5.74, 6) is -0.0244. The molecule has 0 spiro atoms. The molecule has 1 aliphatic rings. The first-order chi connectivity index (χ1) is 6.66. The Labute approximate surface area is 91.8 Å². The summed E-state index contributed by atoms with van der Waals surface area (Å²) < 4.78 is 0.980. The maximum Gasteiger partial charge on any atom is 0.221 e. The van der Waals surface area contributed by atoms with Crippen molar-refractivity contribution in [3.8, 4) is 0 Å². The van der Waals surface area contributed by atoms with Crippen LogP contribution in [0.3, 0.4) is 0 Å². The van der Waals surface area contributed by atoms with Gasteiger partial charge in [-0.3, -0.25) is 4.79 Å². The average Bonchev–Trinajstić information content (AvgIpc) is 2.51. The zero-order valence-electron chi connectivity index (χ0n) is 8.06. The number of carbonyl (C=O) groups excluding carboxylic acids is 1. The van der Waals surface area contributed by atoms with Crippen molar-refractivity contribution in [3.05, 3.63) is 27.7 Å². The standard InChI is InChI=1S/C11H12BrNO/c1-7(14)13-11-6-9-4-2-3-8(9)5-10(11)12/h5-6H,2-4H2,1H3,(H,13,14). The highest BCUT2D eigenvalue weighted by molar-refractivity contribution is 9.10. The Hall–Kier alpha value is -0.830. The van der Waals surface area contributed by atoms with Gasteiger partial charge in [-0.2, -0.15) is 0 Å². The summed E-state index contributed by atoms with van der Waals surface area (Å²) in [6, 6.07) is 4.20. The minimum atomic E-state index is -0.0244. The SMILES string of the molecule is CC(=O)Nc1cc2c(cc1Br)CCC2. The lowest BCUT2D eigenvalue weighted by atomic mass is 10.1. The van der Waals surface area contributed by atoms with Gasteiger partial charge in [-0.05, 0) is 58.5 Å². The topological polar surface area (TPSA) is 29.1 Å². The van der Waals surface area contributed by atoms with E-state index < -0.39 is 0 Å². The fourth-order valence-electron chi connectivity index (χ4n) is 1.88. The van der Waals surface area contributed by atoms with Crippen LogP contribution >= 0.6 is 15.9 Å². The number of hydrogen-bond acceptors (Lipinski definition) is 1. The Morgan fingerprint density at radius 3 is 2.64 bits per heavy atom. The van der Waals surface area contributed by atoms with E-state index in [9.17, 15) is 4.79 Å². The summed E-state index contributed by atoms with van der Waals surface area (Å²) in [5.41, 5.74) is 3.67. The molecule has 74 valence electrons. The van der Waals surface area contributed by atoms with Gasteiger partial charge in [-0.15, -0.1) is 0 Å². The molecule has 14 heavy (non-hydrogen) atoms. The molecule has 2 rings (SSSR count). The predicted octanol–water partition coefficient (Wildman–Crippen LogP) is 2.90. The molecular formula is C11H12BrNO. The van der Waals surface area contributed by atoms with Crippen LogP contribution in [0.5, 0.6) is 0 Å². The number of aryl methyl sites for hydroxylation is 2. The number of fused-ring (bicyclic) bond motifs is 1. The highest BCUT2D eigenvalue weighted by atomic mass is 79.9. The molecule has 0 aromatic heterocycles. The second-order valence-electron chi connectivity index (χ2n) is 3.64.